The van der Waals surface area contributed by atoms with Gasteiger partial charge in [-0.1, -0.05) is 0 Å². The molecule has 0 aliphatic carbocycles. The van der Waals surface area contributed by atoms with Gasteiger partial charge in [0.2, 0.25) is 0 Å². The highest BCUT2D eigenvalue weighted by Gasteiger charge is 2.58. The first-order chi connectivity index (χ1) is 20.9. The Morgan fingerprint density at radius 3 is 1.91 bits per heavy atom. The van der Waals surface area contributed by atoms with Crippen LogP contribution in [0.4, 0.5) is 22.0 Å². The highest BCUT2D eigenvalue weighted by molar-refractivity contribution is 7.27. The van der Waals surface area contributed by atoms with E-state index in [1.54, 1.807) is 28.4 Å². The Hall–Kier alpha value is 0.294. The molecule has 0 radical (unpaired) electrons. The van der Waals surface area contributed by atoms with Gasteiger partial charge in [-0.25, -0.2) is 4.39 Å². The summed E-state index contributed by atoms with van der Waals surface area (Å²) in [6, 6.07) is 1.69. The van der Waals surface area contributed by atoms with Crippen molar-refractivity contribution in [2.24, 2.45) is 0 Å². The normalized spacial score (nSPS) is 20.8. The number of hydrogen-bond donors (Lipinski definition) is 0. The van der Waals surface area contributed by atoms with Crippen molar-refractivity contribution in [2.45, 2.75) is 81.8 Å². The third-order valence-electron chi connectivity index (χ3n) is 7.61. The summed E-state index contributed by atoms with van der Waals surface area (Å²) in [5.41, 5.74) is 0. The van der Waals surface area contributed by atoms with E-state index in [1.807, 2.05) is 32.7 Å². The van der Waals surface area contributed by atoms with Crippen molar-refractivity contribution in [3.8, 4) is 0 Å². The molecule has 270 valence electrons. The lowest BCUT2D eigenvalue weighted by molar-refractivity contribution is -0.353. The Labute approximate surface area is 270 Å². The van der Waals surface area contributed by atoms with E-state index in [0.29, 0.717) is 31.3 Å². The summed E-state index contributed by atoms with van der Waals surface area (Å²) in [5.74, 6) is -4.21. The molecule has 0 bridgehead atoms. The zero-order chi connectivity index (χ0) is 34.4. The number of halogens is 5. The monoisotopic (exact) mass is 752 g/mol. The molecule has 0 saturated carbocycles. The summed E-state index contributed by atoms with van der Waals surface area (Å²) >= 11 is 0. The summed E-state index contributed by atoms with van der Waals surface area (Å²) in [4.78, 5) is 0. The first kappa shape index (κ1) is 43.3. The highest BCUT2D eigenvalue weighted by Crippen LogP contribution is 2.35. The number of ether oxygens (including phenoxy) is 4. The van der Waals surface area contributed by atoms with Gasteiger partial charge in [-0.3, -0.25) is 0 Å². The van der Waals surface area contributed by atoms with Crippen LogP contribution < -0.4 is 0 Å². The Bertz CT molecular complexity index is 827. The van der Waals surface area contributed by atoms with Gasteiger partial charge in [0.1, 0.15) is 12.7 Å². The maximum Gasteiger partial charge on any atom is 0.500 e. The van der Waals surface area contributed by atoms with Gasteiger partial charge in [0.05, 0.1) is 13.2 Å². The van der Waals surface area contributed by atoms with Crippen molar-refractivity contribution in [1.29, 1.82) is 0 Å². The van der Waals surface area contributed by atoms with Crippen LogP contribution in [-0.2, 0) is 49.3 Å². The van der Waals surface area contributed by atoms with Crippen LogP contribution in [0.1, 0.15) is 12.8 Å². The van der Waals surface area contributed by atoms with Gasteiger partial charge in [-0.2, -0.15) is 17.6 Å². The van der Waals surface area contributed by atoms with E-state index in [0.717, 1.165) is 13.0 Å². The van der Waals surface area contributed by atoms with Crippen LogP contribution in [0.5, 0.6) is 0 Å². The molecule has 0 N–H and O–H groups in total. The molecule has 5 unspecified atom stereocenters. The summed E-state index contributed by atoms with van der Waals surface area (Å²) in [5, 5.41) is 0. The average molecular weight is 753 g/mol. The predicted molar refractivity (Wildman–Crippen MR) is 168 cm³/mol. The van der Waals surface area contributed by atoms with Crippen LogP contribution >= 0.6 is 0 Å². The summed E-state index contributed by atoms with van der Waals surface area (Å²) in [7, 11) is -6.77. The lowest BCUT2D eigenvalue weighted by Crippen LogP contribution is -2.60. The van der Waals surface area contributed by atoms with Gasteiger partial charge in [-0.05, 0) is 57.7 Å². The Morgan fingerprint density at radius 2 is 1.40 bits per heavy atom. The zero-order valence-electron chi connectivity index (χ0n) is 28.0. The fourth-order valence-corrected chi connectivity index (χ4v) is 26.2. The first-order valence-corrected chi connectivity index (χ1v) is 28.2. The molecule has 1 heterocycles. The van der Waals surface area contributed by atoms with Gasteiger partial charge >= 0.3 is 38.0 Å². The molecule has 45 heavy (non-hydrogen) atoms. The van der Waals surface area contributed by atoms with Crippen molar-refractivity contribution in [3.05, 3.63) is 0 Å². The zero-order valence-corrected chi connectivity index (χ0v) is 33.2. The third kappa shape index (κ3) is 15.2. The highest BCUT2D eigenvalue weighted by atomic mass is 29.3. The lowest BCUT2D eigenvalue weighted by atomic mass is 10.3. The molecule has 1 rings (SSSR count). The van der Waals surface area contributed by atoms with Gasteiger partial charge < -0.3 is 49.3 Å². The molecule has 0 aromatic carbocycles. The van der Waals surface area contributed by atoms with Crippen LogP contribution in [0.25, 0.3) is 0 Å². The fraction of sp³-hybridized carbons (Fsp3) is 1.00. The third-order valence-corrected chi connectivity index (χ3v) is 31.3. The molecule has 1 aliphatic heterocycles. The minimum atomic E-state index is -5.43. The minimum Gasteiger partial charge on any atom is -0.439 e. The average Bonchev–Trinajstić information content (AvgIpc) is 3.80. The number of epoxide rings is 1. The largest absolute Gasteiger partial charge is 0.500 e. The fourth-order valence-electron chi connectivity index (χ4n) is 4.22. The van der Waals surface area contributed by atoms with Crippen molar-refractivity contribution < 1.29 is 71.3 Å². The first-order valence-electron chi connectivity index (χ1n) is 14.8. The molecule has 1 aliphatic rings. The van der Waals surface area contributed by atoms with Crippen LogP contribution in [-0.4, -0.2) is 135 Å². The van der Waals surface area contributed by atoms with Gasteiger partial charge in [0.25, 0.3) is 0 Å². The quantitative estimate of drug-likeness (QED) is 0.0504. The second kappa shape index (κ2) is 19.5. The topological polar surface area (TPSA) is 105 Å². The molecule has 0 spiro atoms. The van der Waals surface area contributed by atoms with E-state index in [9.17, 15) is 22.0 Å². The van der Waals surface area contributed by atoms with E-state index >= 15 is 0 Å². The van der Waals surface area contributed by atoms with Crippen LogP contribution in [0.2, 0.25) is 50.9 Å². The molecule has 0 aromatic rings. The standard InChI is InChI=1S/C24H53F5O11Si5/c1-30-43(8,15-11-13-34-18-22-19-36-22)40-44(9,16-17-45(31-2,32-3)33-4)39-41(5)42(6,7)38-14-10-12-35-20-23(26,37-21-25)24(27,28)29/h22,41H,10-21H2,1-9H3. The lowest BCUT2D eigenvalue weighted by Gasteiger charge is -2.41. The number of hydrogen-bond acceptors (Lipinski definition) is 11. The van der Waals surface area contributed by atoms with Gasteiger partial charge in [-0.15, -0.1) is 0 Å². The van der Waals surface area contributed by atoms with E-state index in [1.165, 1.54) is 0 Å². The Kier molecular flexibility index (Phi) is 18.7. The molecule has 0 aromatic heterocycles. The SMILES string of the molecule is CO[Si](C)(CCCOCC1CO1)O[Si](C)(CC[Si](OC)(OC)OC)O[SiH](C)[Si](C)(C)OCCCOCC(F)(OCF)C(F)(F)F. The van der Waals surface area contributed by atoms with E-state index in [-0.39, 0.29) is 25.7 Å². The maximum absolute atomic E-state index is 13.9. The van der Waals surface area contributed by atoms with E-state index < -0.39 is 67.8 Å². The summed E-state index contributed by atoms with van der Waals surface area (Å²) < 4.78 is 127. The predicted octanol–water partition coefficient (Wildman–Crippen LogP) is 4.73. The van der Waals surface area contributed by atoms with Gasteiger partial charge in [0, 0.05) is 54.3 Å². The molecule has 5 atom stereocenters. The molecule has 1 saturated heterocycles. The van der Waals surface area contributed by atoms with Crippen molar-refractivity contribution in [1.82, 2.24) is 0 Å². The maximum atomic E-state index is 13.9. The number of rotatable bonds is 27. The Morgan fingerprint density at radius 1 is 0.800 bits per heavy atom. The summed E-state index contributed by atoms with van der Waals surface area (Å²) in [6.07, 6.45) is -4.28. The molecule has 0 amide bonds. The van der Waals surface area contributed by atoms with Gasteiger partial charge in [0.15, 0.2) is 23.3 Å². The van der Waals surface area contributed by atoms with E-state index in [4.69, 9.17) is 44.6 Å². The van der Waals surface area contributed by atoms with Crippen molar-refractivity contribution >= 4 is 42.3 Å². The minimum absolute atomic E-state index is 0.164. The second-order valence-electron chi connectivity index (χ2n) is 11.6. The molecular weight excluding hydrogens is 700 g/mol. The van der Waals surface area contributed by atoms with Crippen LogP contribution in [0.15, 0.2) is 0 Å². The molecule has 21 heteroatoms. The molecule has 1 fully saturated rings. The van der Waals surface area contributed by atoms with Crippen LogP contribution in [0.3, 0.4) is 0 Å². The number of alkyl halides is 5. The second-order valence-corrected chi connectivity index (χ2v) is 33.8. The van der Waals surface area contributed by atoms with Crippen LogP contribution in [0, 0.1) is 0 Å². The van der Waals surface area contributed by atoms with E-state index in [2.05, 4.69) is 4.74 Å². The Balaban J connectivity index is 2.84. The van der Waals surface area contributed by atoms with Crippen molar-refractivity contribution in [3.63, 3.8) is 0 Å². The molecule has 11 nitrogen and oxygen atoms in total. The smallest absolute Gasteiger partial charge is 0.439 e. The van der Waals surface area contributed by atoms with Crippen molar-refractivity contribution in [2.75, 3.05) is 74.9 Å². The summed E-state index contributed by atoms with van der Waals surface area (Å²) in [6.45, 7) is 8.47. The molecular formula is C24H53F5O11Si5.